The number of carbonyl (C=O) groups excluding carboxylic acids is 1. The summed E-state index contributed by atoms with van der Waals surface area (Å²) < 4.78 is 27.6. The number of nitrogens with one attached hydrogen (secondary N) is 1. The Morgan fingerprint density at radius 1 is 1.21 bits per heavy atom. The molecule has 5 N–H and O–H groups in total. The smallest absolute Gasteiger partial charge is 0.480 e. The first-order valence-corrected chi connectivity index (χ1v) is 12.7. The number of amides is 1. The second kappa shape index (κ2) is 12.8. The Bertz CT molecular complexity index is 1030. The fraction of sp³-hybridized carbons (Fsp3) is 0.400. The molecule has 0 saturated carbocycles. The maximum Gasteiger partial charge on any atom is 0.677 e. The van der Waals surface area contributed by atoms with Gasteiger partial charge >= 0.3 is 19.3 Å². The number of carboxylic acid groups (broad SMARTS) is 2. The summed E-state index contributed by atoms with van der Waals surface area (Å²) in [7, 11) is -0.452. The summed E-state index contributed by atoms with van der Waals surface area (Å²) in [5, 5.41) is 20.5. The van der Waals surface area contributed by atoms with Crippen LogP contribution in [0.15, 0.2) is 28.9 Å². The molecule has 2 atom stereocenters. The number of aliphatic imine (C=N–C) groups is 1. The lowest BCUT2D eigenvalue weighted by molar-refractivity contribution is -0.141. The number of hydrogen-bond acceptors (Lipinski definition) is 7. The first-order chi connectivity index (χ1) is 16.0. The van der Waals surface area contributed by atoms with Gasteiger partial charge in [0.2, 0.25) is 5.91 Å². The van der Waals surface area contributed by atoms with Crippen LogP contribution in [0.3, 0.4) is 0 Å². The molecule has 9 nitrogen and oxygen atoms in total. The number of aryl methyl sites for hydroxylation is 2. The maximum atomic E-state index is 13.3. The molecule has 1 amide bonds. The quantitative estimate of drug-likeness (QED) is 0.178. The molecule has 1 aliphatic rings. The van der Waals surface area contributed by atoms with E-state index in [1.54, 1.807) is 38.1 Å². The first-order valence-electron chi connectivity index (χ1n) is 10.2. The van der Waals surface area contributed by atoms with Gasteiger partial charge in [0.1, 0.15) is 12.1 Å². The van der Waals surface area contributed by atoms with Crippen molar-refractivity contribution >= 4 is 58.6 Å². The van der Waals surface area contributed by atoms with E-state index in [2.05, 4.69) is 10.3 Å². The van der Waals surface area contributed by atoms with Gasteiger partial charge in [-0.25, -0.2) is 4.79 Å². The van der Waals surface area contributed by atoms with E-state index in [-0.39, 0.29) is 24.3 Å². The molecule has 0 radical (unpaired) electrons. The predicted molar refractivity (Wildman–Crippen MR) is 131 cm³/mol. The summed E-state index contributed by atoms with van der Waals surface area (Å²) in [6, 6.07) is -0.527. The fourth-order valence-electron chi connectivity index (χ4n) is 3.05. The molecule has 0 spiro atoms. The van der Waals surface area contributed by atoms with Gasteiger partial charge in [-0.1, -0.05) is 21.6 Å². The average molecular weight is 514 g/mol. The zero-order chi connectivity index (χ0) is 25.4. The summed E-state index contributed by atoms with van der Waals surface area (Å²) in [5.74, 6) is -2.70. The Hall–Kier alpha value is -2.58. The first kappa shape index (κ1) is 27.7. The maximum absolute atomic E-state index is 13.3. The standard InChI is InChI=1S/C20H25BF2N4O5S2/c1-11-7-12(2)27(21(22)23)17(11)8-14-4-3-13(25-14)5-6-18(28)26-16(20(31)32)10-34-33-9-15(24)19(29)30/h3-4,7-8,15-16H,5-6,9-10,24H2,1-2H3,(H,26,28)(H,29,30)(H,31,32)/b14-8-. The van der Waals surface area contributed by atoms with Crippen LogP contribution in [0.25, 0.3) is 6.08 Å². The number of nitrogens with zero attached hydrogens (tertiary/aromatic N) is 2. The topological polar surface area (TPSA) is 147 Å². The summed E-state index contributed by atoms with van der Waals surface area (Å²) >= 11 is 0. The molecule has 0 aromatic carbocycles. The van der Waals surface area contributed by atoms with Crippen molar-refractivity contribution in [2.45, 2.75) is 38.8 Å². The molecule has 0 bridgehead atoms. The molecule has 1 aromatic rings. The molecule has 2 rings (SSSR count). The molecule has 0 aliphatic carbocycles. The molecular formula is C20H25BF2N4O5S2. The van der Waals surface area contributed by atoms with Gasteiger partial charge in [0.25, 0.3) is 0 Å². The van der Waals surface area contributed by atoms with Crippen LogP contribution in [-0.4, -0.2) is 69.2 Å². The summed E-state index contributed by atoms with van der Waals surface area (Å²) in [6.45, 7) is 3.34. The van der Waals surface area contributed by atoms with Gasteiger partial charge in [0.15, 0.2) is 0 Å². The summed E-state index contributed by atoms with van der Waals surface area (Å²) in [5.41, 5.74) is 7.93. The average Bonchev–Trinajstić information content (AvgIpc) is 3.31. The van der Waals surface area contributed by atoms with Crippen molar-refractivity contribution in [3.8, 4) is 0 Å². The number of nitrogens with two attached hydrogens (primary N) is 1. The Morgan fingerprint density at radius 3 is 2.50 bits per heavy atom. The van der Waals surface area contributed by atoms with Crippen LogP contribution in [-0.2, 0) is 14.4 Å². The van der Waals surface area contributed by atoms with Gasteiger partial charge < -0.3 is 25.7 Å². The van der Waals surface area contributed by atoms with Crippen LogP contribution >= 0.6 is 21.6 Å². The lowest BCUT2D eigenvalue weighted by Crippen LogP contribution is -2.42. The van der Waals surface area contributed by atoms with Gasteiger partial charge in [0, 0.05) is 35.0 Å². The highest BCUT2D eigenvalue weighted by Gasteiger charge is 2.24. The monoisotopic (exact) mass is 514 g/mol. The van der Waals surface area contributed by atoms with Crippen LogP contribution in [0.4, 0.5) is 8.63 Å². The second-order valence-corrected chi connectivity index (χ2v) is 10.0. The van der Waals surface area contributed by atoms with Crippen molar-refractivity contribution in [1.29, 1.82) is 0 Å². The number of carboxylic acids is 2. The fourth-order valence-corrected chi connectivity index (χ4v) is 5.32. The van der Waals surface area contributed by atoms with E-state index in [0.29, 0.717) is 28.4 Å². The van der Waals surface area contributed by atoms with E-state index in [4.69, 9.17) is 10.8 Å². The Labute approximate surface area is 203 Å². The van der Waals surface area contributed by atoms with Crippen molar-refractivity contribution in [3.63, 3.8) is 0 Å². The SMILES string of the molecule is Cc1cc(C)n(B(F)F)c1/C=C1/C=CC(CCC(=O)NC(CSSCC(N)C(=O)O)C(=O)O)=N1. The number of aromatic nitrogens is 1. The molecule has 34 heavy (non-hydrogen) atoms. The van der Waals surface area contributed by atoms with Crippen LogP contribution in [0.5, 0.6) is 0 Å². The molecule has 1 aromatic heterocycles. The normalized spacial score (nSPS) is 15.8. The van der Waals surface area contributed by atoms with Crippen LogP contribution in [0.2, 0.25) is 0 Å². The van der Waals surface area contributed by atoms with Crippen molar-refractivity contribution < 1.29 is 33.2 Å². The molecular weight excluding hydrogens is 489 g/mol. The van der Waals surface area contributed by atoms with Gasteiger partial charge in [-0.15, -0.1) is 0 Å². The minimum absolute atomic E-state index is 0.00647. The van der Waals surface area contributed by atoms with Crippen molar-refractivity contribution in [1.82, 2.24) is 9.79 Å². The van der Waals surface area contributed by atoms with E-state index >= 15 is 0 Å². The highest BCUT2D eigenvalue weighted by Crippen LogP contribution is 2.24. The number of aliphatic carboxylic acids is 2. The summed E-state index contributed by atoms with van der Waals surface area (Å²) in [4.78, 5) is 38.7. The molecule has 2 heterocycles. The molecule has 0 saturated heterocycles. The Kier molecular flexibility index (Phi) is 10.4. The lowest BCUT2D eigenvalue weighted by atomic mass is 10.1. The van der Waals surface area contributed by atoms with E-state index in [9.17, 15) is 28.1 Å². The van der Waals surface area contributed by atoms with Gasteiger partial charge in [-0.2, -0.15) is 0 Å². The Morgan fingerprint density at radius 2 is 1.88 bits per heavy atom. The number of rotatable bonds is 13. The third-order valence-electron chi connectivity index (χ3n) is 4.79. The molecule has 14 heteroatoms. The van der Waals surface area contributed by atoms with Crippen LogP contribution in [0, 0.1) is 13.8 Å². The minimum Gasteiger partial charge on any atom is -0.480 e. The van der Waals surface area contributed by atoms with Crippen molar-refractivity contribution in [3.05, 3.63) is 40.9 Å². The van der Waals surface area contributed by atoms with Crippen molar-refractivity contribution in [2.75, 3.05) is 11.5 Å². The third kappa shape index (κ3) is 8.03. The van der Waals surface area contributed by atoms with E-state index in [0.717, 1.165) is 26.1 Å². The van der Waals surface area contributed by atoms with E-state index in [1.807, 2.05) is 0 Å². The molecule has 2 unspecified atom stereocenters. The number of carbonyl (C=O) groups is 3. The summed E-state index contributed by atoms with van der Waals surface area (Å²) in [6.07, 6.45) is 5.15. The zero-order valence-corrected chi connectivity index (χ0v) is 20.2. The molecule has 0 fully saturated rings. The number of hydrogen-bond donors (Lipinski definition) is 4. The van der Waals surface area contributed by atoms with Gasteiger partial charge in [-0.3, -0.25) is 23.2 Å². The molecule has 1 aliphatic heterocycles. The number of allylic oxidation sites excluding steroid dienone is 2. The second-order valence-electron chi connectivity index (χ2n) is 7.48. The zero-order valence-electron chi connectivity index (χ0n) is 18.5. The third-order valence-corrected chi connectivity index (χ3v) is 7.24. The largest absolute Gasteiger partial charge is 0.677 e. The molecule has 184 valence electrons. The van der Waals surface area contributed by atoms with E-state index in [1.165, 1.54) is 0 Å². The lowest BCUT2D eigenvalue weighted by Gasteiger charge is -2.14. The van der Waals surface area contributed by atoms with E-state index < -0.39 is 37.3 Å². The minimum atomic E-state index is -2.68. The van der Waals surface area contributed by atoms with Crippen LogP contribution < -0.4 is 11.1 Å². The Balaban J connectivity index is 1.88. The highest BCUT2D eigenvalue weighted by atomic mass is 33.1. The number of halogens is 2. The van der Waals surface area contributed by atoms with Crippen molar-refractivity contribution in [2.24, 2.45) is 10.7 Å². The predicted octanol–water partition coefficient (Wildman–Crippen LogP) is 2.37. The highest BCUT2D eigenvalue weighted by molar-refractivity contribution is 8.76. The van der Waals surface area contributed by atoms with Gasteiger partial charge in [0.05, 0.1) is 5.70 Å². The van der Waals surface area contributed by atoms with Gasteiger partial charge in [-0.05, 0) is 50.1 Å². The van der Waals surface area contributed by atoms with Crippen LogP contribution in [0.1, 0.15) is 29.8 Å².